The van der Waals surface area contributed by atoms with Gasteiger partial charge in [0.25, 0.3) is 11.8 Å². The number of aromatic nitrogens is 3. The van der Waals surface area contributed by atoms with Crippen molar-refractivity contribution in [1.29, 1.82) is 0 Å². The molecule has 0 fully saturated rings. The standard InChI is InChI=1S/C22H17N5O3/c28-20-13-16(11-12-23-20)21(29)24-25-22(30)19-14-18(15-7-3-1-4-8-15)26-27(19)17-9-5-2-6-10-17/h1-14H,(H,23,28)(H,24,29)(H,25,30). The first-order valence-corrected chi connectivity index (χ1v) is 9.12. The maximum atomic E-state index is 12.8. The molecule has 0 aliphatic carbocycles. The van der Waals surface area contributed by atoms with E-state index in [9.17, 15) is 14.4 Å². The lowest BCUT2D eigenvalue weighted by atomic mass is 10.1. The lowest BCUT2D eigenvalue weighted by Crippen LogP contribution is -2.42. The molecule has 2 aromatic heterocycles. The predicted molar refractivity (Wildman–Crippen MR) is 111 cm³/mol. The second-order valence-corrected chi connectivity index (χ2v) is 6.38. The van der Waals surface area contributed by atoms with E-state index in [1.54, 1.807) is 6.07 Å². The van der Waals surface area contributed by atoms with Crippen LogP contribution in [0.25, 0.3) is 16.9 Å². The van der Waals surface area contributed by atoms with Crippen LogP contribution in [0.4, 0.5) is 0 Å². The largest absolute Gasteiger partial charge is 0.329 e. The first kappa shape index (κ1) is 18.9. The molecule has 2 aromatic carbocycles. The number of H-pyrrole nitrogens is 1. The summed E-state index contributed by atoms with van der Waals surface area (Å²) in [6.45, 7) is 0. The van der Waals surface area contributed by atoms with Crippen LogP contribution in [0.15, 0.2) is 89.9 Å². The normalized spacial score (nSPS) is 10.4. The molecule has 30 heavy (non-hydrogen) atoms. The van der Waals surface area contributed by atoms with Gasteiger partial charge in [-0.2, -0.15) is 5.10 Å². The van der Waals surface area contributed by atoms with Gasteiger partial charge in [-0.3, -0.25) is 25.2 Å². The summed E-state index contributed by atoms with van der Waals surface area (Å²) in [5, 5.41) is 4.57. The highest BCUT2D eigenvalue weighted by molar-refractivity contribution is 5.99. The highest BCUT2D eigenvalue weighted by Crippen LogP contribution is 2.21. The number of nitrogens with one attached hydrogen (secondary N) is 3. The highest BCUT2D eigenvalue weighted by atomic mass is 16.2. The summed E-state index contributed by atoms with van der Waals surface area (Å²) < 4.78 is 1.51. The Morgan fingerprint density at radius 3 is 2.20 bits per heavy atom. The van der Waals surface area contributed by atoms with Crippen molar-refractivity contribution in [2.75, 3.05) is 0 Å². The Bertz CT molecular complexity index is 1250. The summed E-state index contributed by atoms with van der Waals surface area (Å²) in [6, 6.07) is 22.9. The predicted octanol–water partition coefficient (Wildman–Crippen LogP) is 2.30. The third-order valence-corrected chi connectivity index (χ3v) is 4.34. The molecule has 0 bridgehead atoms. The Morgan fingerprint density at radius 2 is 1.50 bits per heavy atom. The Kier molecular flexibility index (Phi) is 5.21. The number of hydrogen-bond acceptors (Lipinski definition) is 4. The minimum atomic E-state index is -0.608. The Morgan fingerprint density at radius 1 is 0.833 bits per heavy atom. The zero-order valence-corrected chi connectivity index (χ0v) is 15.7. The number of amides is 2. The molecule has 4 rings (SSSR count). The number of para-hydroxylation sites is 1. The summed E-state index contributed by atoms with van der Waals surface area (Å²) in [7, 11) is 0. The number of rotatable bonds is 4. The van der Waals surface area contributed by atoms with Gasteiger partial charge >= 0.3 is 0 Å². The van der Waals surface area contributed by atoms with E-state index in [0.717, 1.165) is 11.6 Å². The smallest absolute Gasteiger partial charge is 0.288 e. The number of nitrogens with zero attached hydrogens (tertiary/aromatic N) is 2. The van der Waals surface area contributed by atoms with E-state index in [1.165, 1.54) is 16.9 Å². The molecular weight excluding hydrogens is 382 g/mol. The molecule has 8 heteroatoms. The van der Waals surface area contributed by atoms with Gasteiger partial charge in [0.05, 0.1) is 11.4 Å². The number of pyridine rings is 1. The number of hydrazine groups is 1. The number of carbonyl (C=O) groups excluding carboxylic acids is 2. The first-order valence-electron chi connectivity index (χ1n) is 9.12. The summed E-state index contributed by atoms with van der Waals surface area (Å²) in [4.78, 5) is 38.8. The van der Waals surface area contributed by atoms with Gasteiger partial charge in [0.2, 0.25) is 5.56 Å². The molecule has 0 saturated heterocycles. The van der Waals surface area contributed by atoms with E-state index in [-0.39, 0.29) is 11.3 Å². The average Bonchev–Trinajstić information content (AvgIpc) is 3.24. The second-order valence-electron chi connectivity index (χ2n) is 6.38. The molecule has 2 heterocycles. The van der Waals surface area contributed by atoms with Crippen molar-refractivity contribution in [3.8, 4) is 16.9 Å². The van der Waals surface area contributed by atoms with E-state index in [0.29, 0.717) is 11.4 Å². The van der Waals surface area contributed by atoms with Crippen LogP contribution in [-0.4, -0.2) is 26.6 Å². The average molecular weight is 399 g/mol. The van der Waals surface area contributed by atoms with E-state index >= 15 is 0 Å². The molecule has 4 aromatic rings. The summed E-state index contributed by atoms with van der Waals surface area (Å²) >= 11 is 0. The highest BCUT2D eigenvalue weighted by Gasteiger charge is 2.18. The SMILES string of the molecule is O=C(NNC(=O)c1cc(-c2ccccc2)nn1-c1ccccc1)c1cc[nH]c(=O)c1. The molecule has 3 N–H and O–H groups in total. The maximum Gasteiger partial charge on any atom is 0.288 e. The van der Waals surface area contributed by atoms with Gasteiger partial charge in [-0.25, -0.2) is 4.68 Å². The second kappa shape index (κ2) is 8.27. The Hall–Kier alpha value is -4.46. The third-order valence-electron chi connectivity index (χ3n) is 4.34. The van der Waals surface area contributed by atoms with Crippen LogP contribution in [-0.2, 0) is 0 Å². The molecule has 0 unspecified atom stereocenters. The monoisotopic (exact) mass is 399 g/mol. The zero-order chi connectivity index (χ0) is 20.9. The molecule has 148 valence electrons. The fourth-order valence-corrected chi connectivity index (χ4v) is 2.89. The van der Waals surface area contributed by atoms with Crippen molar-refractivity contribution in [1.82, 2.24) is 25.6 Å². The minimum Gasteiger partial charge on any atom is -0.329 e. The van der Waals surface area contributed by atoms with Gasteiger partial charge in [0.15, 0.2) is 0 Å². The van der Waals surface area contributed by atoms with E-state index in [2.05, 4.69) is 20.9 Å². The van der Waals surface area contributed by atoms with Crippen molar-refractivity contribution in [3.63, 3.8) is 0 Å². The van der Waals surface area contributed by atoms with Crippen LogP contribution < -0.4 is 16.4 Å². The van der Waals surface area contributed by atoms with Gasteiger partial charge in [-0.05, 0) is 24.3 Å². The van der Waals surface area contributed by atoms with Crippen molar-refractivity contribution < 1.29 is 9.59 Å². The molecule has 0 aliphatic heterocycles. The van der Waals surface area contributed by atoms with Crippen LogP contribution in [0, 0.1) is 0 Å². The van der Waals surface area contributed by atoms with Gasteiger partial charge in [0, 0.05) is 23.4 Å². The van der Waals surface area contributed by atoms with Gasteiger partial charge in [-0.15, -0.1) is 0 Å². The van der Waals surface area contributed by atoms with Crippen LogP contribution in [0.5, 0.6) is 0 Å². The molecular formula is C22H17N5O3. The van der Waals surface area contributed by atoms with Gasteiger partial charge in [0.1, 0.15) is 5.69 Å². The zero-order valence-electron chi connectivity index (χ0n) is 15.7. The van der Waals surface area contributed by atoms with Crippen molar-refractivity contribution in [2.45, 2.75) is 0 Å². The molecule has 0 saturated carbocycles. The minimum absolute atomic E-state index is 0.126. The Balaban J connectivity index is 1.62. The topological polar surface area (TPSA) is 109 Å². The third kappa shape index (κ3) is 4.02. The summed E-state index contributed by atoms with van der Waals surface area (Å²) in [6.07, 6.45) is 1.36. The Labute approximate surface area is 171 Å². The molecule has 0 radical (unpaired) electrons. The summed E-state index contributed by atoms with van der Waals surface area (Å²) in [5.41, 5.74) is 6.83. The van der Waals surface area contributed by atoms with Crippen molar-refractivity contribution in [2.24, 2.45) is 0 Å². The quantitative estimate of drug-likeness (QED) is 0.458. The first-order chi connectivity index (χ1) is 14.6. The number of carbonyl (C=O) groups is 2. The van der Waals surface area contributed by atoms with E-state index in [1.807, 2.05) is 60.7 Å². The van der Waals surface area contributed by atoms with Crippen molar-refractivity contribution in [3.05, 3.63) is 107 Å². The van der Waals surface area contributed by atoms with E-state index < -0.39 is 17.4 Å². The van der Waals surface area contributed by atoms with Gasteiger partial charge in [-0.1, -0.05) is 48.5 Å². The van der Waals surface area contributed by atoms with Gasteiger partial charge < -0.3 is 4.98 Å². The number of hydrogen-bond donors (Lipinski definition) is 3. The number of benzene rings is 2. The maximum absolute atomic E-state index is 12.8. The molecule has 0 aliphatic rings. The molecule has 0 atom stereocenters. The van der Waals surface area contributed by atoms with E-state index in [4.69, 9.17) is 0 Å². The molecule has 0 spiro atoms. The van der Waals surface area contributed by atoms with Crippen LogP contribution >= 0.6 is 0 Å². The van der Waals surface area contributed by atoms with Crippen LogP contribution in [0.3, 0.4) is 0 Å². The summed E-state index contributed by atoms with van der Waals surface area (Å²) in [5.74, 6) is -1.16. The fourth-order valence-electron chi connectivity index (χ4n) is 2.89. The molecule has 2 amide bonds. The number of aromatic amines is 1. The van der Waals surface area contributed by atoms with Crippen molar-refractivity contribution >= 4 is 11.8 Å². The fraction of sp³-hybridized carbons (Fsp3) is 0. The van der Waals surface area contributed by atoms with Crippen LogP contribution in [0.2, 0.25) is 0 Å². The lowest BCUT2D eigenvalue weighted by molar-refractivity contribution is 0.0842. The van der Waals surface area contributed by atoms with Crippen LogP contribution in [0.1, 0.15) is 20.8 Å². The lowest BCUT2D eigenvalue weighted by Gasteiger charge is -2.09. The molecule has 8 nitrogen and oxygen atoms in total.